The molecule has 1 atom stereocenters. The maximum Gasteiger partial charge on any atom is 0.226 e. The molecule has 1 aliphatic rings. The number of benzene rings is 1. The molecule has 9 heteroatoms. The number of morpholine rings is 1. The Bertz CT molecular complexity index is 956. The number of halogens is 1. The van der Waals surface area contributed by atoms with E-state index < -0.39 is 0 Å². The summed E-state index contributed by atoms with van der Waals surface area (Å²) in [6, 6.07) is 10.3. The number of amides is 1. The lowest BCUT2D eigenvalue weighted by atomic mass is 10.0. The van der Waals surface area contributed by atoms with Crippen LogP contribution in [0.2, 0.25) is 0 Å². The van der Waals surface area contributed by atoms with Crippen molar-refractivity contribution in [2.75, 3.05) is 32.8 Å². The molecule has 164 valence electrons. The van der Waals surface area contributed by atoms with E-state index >= 15 is 0 Å². The number of ether oxygens (including phenoxy) is 1. The van der Waals surface area contributed by atoms with Crippen molar-refractivity contribution in [3.8, 4) is 10.7 Å². The van der Waals surface area contributed by atoms with Crippen molar-refractivity contribution in [3.63, 3.8) is 0 Å². The minimum atomic E-state index is -0.267. The summed E-state index contributed by atoms with van der Waals surface area (Å²) >= 11 is 1.56. The van der Waals surface area contributed by atoms with Crippen molar-refractivity contribution < 1.29 is 18.4 Å². The first-order chi connectivity index (χ1) is 15.2. The highest BCUT2D eigenvalue weighted by Crippen LogP contribution is 2.23. The molecule has 2 aromatic heterocycles. The molecule has 31 heavy (non-hydrogen) atoms. The van der Waals surface area contributed by atoms with E-state index in [-0.39, 0.29) is 17.8 Å². The molecule has 0 saturated carbocycles. The van der Waals surface area contributed by atoms with E-state index in [0.29, 0.717) is 50.7 Å². The number of hydrogen-bond donors (Lipinski definition) is 1. The Morgan fingerprint density at radius 2 is 2.03 bits per heavy atom. The monoisotopic (exact) mass is 444 g/mol. The number of carbonyl (C=O) groups is 1. The molecular weight excluding hydrogens is 419 g/mol. The quantitative estimate of drug-likeness (QED) is 0.545. The highest BCUT2D eigenvalue weighted by atomic mass is 32.1. The molecule has 1 N–H and O–H groups in total. The summed E-state index contributed by atoms with van der Waals surface area (Å²) in [5.41, 5.74) is 0.982. The fourth-order valence-corrected chi connectivity index (χ4v) is 4.24. The Hall–Kier alpha value is -2.62. The smallest absolute Gasteiger partial charge is 0.226 e. The third-order valence-electron chi connectivity index (χ3n) is 5.24. The number of nitrogens with zero attached hydrogens (tertiary/aromatic N) is 3. The third kappa shape index (κ3) is 5.96. The van der Waals surface area contributed by atoms with Gasteiger partial charge in [-0.1, -0.05) is 23.4 Å². The summed E-state index contributed by atoms with van der Waals surface area (Å²) in [5.74, 6) is 0.825. The van der Waals surface area contributed by atoms with Gasteiger partial charge < -0.3 is 14.6 Å². The van der Waals surface area contributed by atoms with Crippen LogP contribution >= 0.6 is 11.3 Å². The second-order valence-electron chi connectivity index (χ2n) is 7.36. The van der Waals surface area contributed by atoms with Crippen LogP contribution in [0.3, 0.4) is 0 Å². The first-order valence-electron chi connectivity index (χ1n) is 10.4. The molecule has 1 unspecified atom stereocenters. The van der Waals surface area contributed by atoms with Crippen LogP contribution in [0.15, 0.2) is 46.3 Å². The number of aromatic nitrogens is 2. The van der Waals surface area contributed by atoms with Crippen molar-refractivity contribution in [3.05, 3.63) is 59.0 Å². The Kier molecular flexibility index (Phi) is 7.39. The molecule has 0 spiro atoms. The number of nitrogens with one attached hydrogen (secondary N) is 1. The molecule has 3 heterocycles. The van der Waals surface area contributed by atoms with Gasteiger partial charge in [-0.2, -0.15) is 4.98 Å². The van der Waals surface area contributed by atoms with Gasteiger partial charge in [0.1, 0.15) is 5.82 Å². The molecule has 1 aromatic carbocycles. The maximum absolute atomic E-state index is 13.3. The normalized spacial score (nSPS) is 15.6. The third-order valence-corrected chi connectivity index (χ3v) is 6.10. The summed E-state index contributed by atoms with van der Waals surface area (Å²) < 4.78 is 24.1. The van der Waals surface area contributed by atoms with E-state index in [9.17, 15) is 9.18 Å². The summed E-state index contributed by atoms with van der Waals surface area (Å²) in [4.78, 5) is 20.0. The second-order valence-corrected chi connectivity index (χ2v) is 8.31. The van der Waals surface area contributed by atoms with Crippen LogP contribution in [0.1, 0.15) is 30.3 Å². The van der Waals surface area contributed by atoms with Gasteiger partial charge in [0.25, 0.3) is 0 Å². The van der Waals surface area contributed by atoms with Crippen LogP contribution < -0.4 is 5.32 Å². The molecule has 4 rings (SSSR count). The standard InChI is InChI=1S/C22H25FN4O3S/c23-17-8-6-16(7-9-17)18(27-10-12-29-13-11-27)15-24-20(28)4-1-5-21-25-22(26-30-21)19-3-2-14-31-19/h2-3,6-9,14,18H,1,4-5,10-13,15H2,(H,24,28). The Morgan fingerprint density at radius 3 is 2.77 bits per heavy atom. The van der Waals surface area contributed by atoms with Crippen LogP contribution in [0.5, 0.6) is 0 Å². The van der Waals surface area contributed by atoms with Gasteiger partial charge in [0, 0.05) is 32.5 Å². The van der Waals surface area contributed by atoms with E-state index in [1.54, 1.807) is 23.5 Å². The zero-order valence-corrected chi connectivity index (χ0v) is 17.9. The van der Waals surface area contributed by atoms with E-state index in [4.69, 9.17) is 9.26 Å². The van der Waals surface area contributed by atoms with Crippen LogP contribution in [0, 0.1) is 5.82 Å². The zero-order chi connectivity index (χ0) is 21.5. The lowest BCUT2D eigenvalue weighted by Gasteiger charge is -2.35. The van der Waals surface area contributed by atoms with Crippen molar-refractivity contribution in [1.82, 2.24) is 20.4 Å². The van der Waals surface area contributed by atoms with E-state index in [1.807, 2.05) is 17.5 Å². The molecule has 0 radical (unpaired) electrons. The number of thiophene rings is 1. The largest absolute Gasteiger partial charge is 0.379 e. The van der Waals surface area contributed by atoms with Crippen LogP contribution in [-0.4, -0.2) is 53.8 Å². The number of aryl methyl sites for hydroxylation is 1. The molecule has 1 aliphatic heterocycles. The molecule has 7 nitrogen and oxygen atoms in total. The van der Waals surface area contributed by atoms with Gasteiger partial charge in [-0.05, 0) is 35.6 Å². The number of carbonyl (C=O) groups excluding carboxylic acids is 1. The Labute approximate surface area is 184 Å². The van der Waals surface area contributed by atoms with E-state index in [1.165, 1.54) is 12.1 Å². The fourth-order valence-electron chi connectivity index (χ4n) is 3.59. The predicted molar refractivity (Wildman–Crippen MR) is 115 cm³/mol. The van der Waals surface area contributed by atoms with Crippen LogP contribution in [0.4, 0.5) is 4.39 Å². The van der Waals surface area contributed by atoms with Gasteiger partial charge in [0.05, 0.1) is 24.1 Å². The number of rotatable bonds is 9. The highest BCUT2D eigenvalue weighted by Gasteiger charge is 2.23. The van der Waals surface area contributed by atoms with Crippen molar-refractivity contribution in [2.24, 2.45) is 0 Å². The number of hydrogen-bond acceptors (Lipinski definition) is 7. The topological polar surface area (TPSA) is 80.5 Å². The fraction of sp³-hybridized carbons (Fsp3) is 0.409. The van der Waals surface area contributed by atoms with Crippen molar-refractivity contribution in [1.29, 1.82) is 0 Å². The predicted octanol–water partition coefficient (Wildman–Crippen LogP) is 3.45. The van der Waals surface area contributed by atoms with Gasteiger partial charge in [-0.15, -0.1) is 11.3 Å². The summed E-state index contributed by atoms with van der Waals surface area (Å²) in [6.45, 7) is 3.34. The minimum Gasteiger partial charge on any atom is -0.379 e. The van der Waals surface area contributed by atoms with Gasteiger partial charge in [-0.25, -0.2) is 4.39 Å². The summed E-state index contributed by atoms with van der Waals surface area (Å²) in [6.07, 6.45) is 1.54. The van der Waals surface area contributed by atoms with Crippen molar-refractivity contribution >= 4 is 17.2 Å². The SMILES string of the molecule is O=C(CCCc1nc(-c2cccs2)no1)NCC(c1ccc(F)cc1)N1CCOCC1. The Morgan fingerprint density at radius 1 is 1.23 bits per heavy atom. The lowest BCUT2D eigenvalue weighted by Crippen LogP contribution is -2.43. The molecule has 3 aromatic rings. The lowest BCUT2D eigenvalue weighted by molar-refractivity contribution is -0.121. The van der Waals surface area contributed by atoms with Gasteiger partial charge in [0.2, 0.25) is 17.6 Å². The van der Waals surface area contributed by atoms with Crippen LogP contribution in [0.25, 0.3) is 10.7 Å². The van der Waals surface area contributed by atoms with Gasteiger partial charge >= 0.3 is 0 Å². The second kappa shape index (κ2) is 10.6. The highest BCUT2D eigenvalue weighted by molar-refractivity contribution is 7.13. The average molecular weight is 445 g/mol. The molecule has 0 aliphatic carbocycles. The molecule has 0 bridgehead atoms. The average Bonchev–Trinajstić information content (AvgIpc) is 3.48. The minimum absolute atomic E-state index is 0.0160. The van der Waals surface area contributed by atoms with Crippen LogP contribution in [-0.2, 0) is 16.0 Å². The summed E-state index contributed by atoms with van der Waals surface area (Å²) in [7, 11) is 0. The zero-order valence-electron chi connectivity index (χ0n) is 17.1. The summed E-state index contributed by atoms with van der Waals surface area (Å²) in [5, 5.41) is 8.98. The molecule has 1 fully saturated rings. The first-order valence-corrected chi connectivity index (χ1v) is 11.3. The molecular formula is C22H25FN4O3S. The van der Waals surface area contributed by atoms with Gasteiger partial charge in [-0.3, -0.25) is 9.69 Å². The van der Waals surface area contributed by atoms with E-state index in [0.717, 1.165) is 23.5 Å². The molecule has 1 amide bonds. The van der Waals surface area contributed by atoms with Crippen molar-refractivity contribution in [2.45, 2.75) is 25.3 Å². The molecule has 1 saturated heterocycles. The first kappa shape index (κ1) is 21.6. The van der Waals surface area contributed by atoms with E-state index in [2.05, 4.69) is 20.4 Å². The maximum atomic E-state index is 13.3. The Balaban J connectivity index is 1.27. The van der Waals surface area contributed by atoms with Gasteiger partial charge in [0.15, 0.2) is 0 Å².